The maximum Gasteiger partial charge on any atom is 0.269 e. The summed E-state index contributed by atoms with van der Waals surface area (Å²) in [6.07, 6.45) is 5.20. The van der Waals surface area contributed by atoms with Crippen molar-refractivity contribution in [1.82, 2.24) is 29.7 Å². The summed E-state index contributed by atoms with van der Waals surface area (Å²) in [4.78, 5) is 29.9. The number of carbonyl (C=O) groups excluding carboxylic acids is 1. The molecule has 0 radical (unpaired) electrons. The average molecular weight is 516 g/mol. The number of rotatable bonds is 8. The Labute approximate surface area is 209 Å². The van der Waals surface area contributed by atoms with Crippen molar-refractivity contribution in [2.45, 2.75) is 31.2 Å². The predicted molar refractivity (Wildman–Crippen MR) is 127 cm³/mol. The molecular weight excluding hydrogens is 497 g/mol. The third kappa shape index (κ3) is 5.17. The topological polar surface area (TPSA) is 137 Å². The van der Waals surface area contributed by atoms with E-state index in [1.54, 1.807) is 30.5 Å². The van der Waals surface area contributed by atoms with Gasteiger partial charge in [-0.3, -0.25) is 4.79 Å². The quantitative estimate of drug-likeness (QED) is 0.362. The number of hydrogen-bond donors (Lipinski definition) is 2. The van der Waals surface area contributed by atoms with Crippen LogP contribution in [0.15, 0.2) is 49.2 Å². The highest BCUT2D eigenvalue weighted by Gasteiger charge is 2.31. The van der Waals surface area contributed by atoms with E-state index in [4.69, 9.17) is 32.7 Å². The predicted octanol–water partition coefficient (Wildman–Crippen LogP) is 2.84. The molecule has 35 heavy (non-hydrogen) atoms. The molecular formula is C22H19Cl2N7O4. The van der Waals surface area contributed by atoms with Crippen LogP contribution in [0.1, 0.15) is 12.8 Å². The second-order valence-corrected chi connectivity index (χ2v) is 8.66. The first-order valence-corrected chi connectivity index (χ1v) is 11.4. The lowest BCUT2D eigenvalue weighted by Crippen LogP contribution is -2.42. The summed E-state index contributed by atoms with van der Waals surface area (Å²) in [6.45, 7) is -0.0670. The molecule has 1 aliphatic rings. The SMILES string of the molecule is O=C(Nc1ccc(Cl)cn1)[C@H](COC1CC(O)C1)Oc1ncnc2c1cnn2-c1ncccc1Cl. The van der Waals surface area contributed by atoms with E-state index in [2.05, 4.69) is 30.4 Å². The Kier molecular flexibility index (Phi) is 6.73. The maximum atomic E-state index is 13.1. The van der Waals surface area contributed by atoms with Crippen LogP contribution in [0.5, 0.6) is 5.88 Å². The molecule has 1 amide bonds. The van der Waals surface area contributed by atoms with Gasteiger partial charge in [0.25, 0.3) is 5.91 Å². The van der Waals surface area contributed by atoms with Crippen LogP contribution >= 0.6 is 23.2 Å². The van der Waals surface area contributed by atoms with E-state index < -0.39 is 18.1 Å². The summed E-state index contributed by atoms with van der Waals surface area (Å²) >= 11 is 12.1. The molecule has 0 aromatic carbocycles. The molecule has 180 valence electrons. The molecule has 1 atom stereocenters. The molecule has 1 aliphatic carbocycles. The molecule has 4 aromatic heterocycles. The van der Waals surface area contributed by atoms with Gasteiger partial charge in [0.15, 0.2) is 11.5 Å². The van der Waals surface area contributed by atoms with Crippen LogP contribution in [0, 0.1) is 0 Å². The van der Waals surface area contributed by atoms with Crippen molar-refractivity contribution in [2.24, 2.45) is 0 Å². The van der Waals surface area contributed by atoms with Crippen LogP contribution in [0.3, 0.4) is 0 Å². The van der Waals surface area contributed by atoms with Crippen LogP contribution in [0.2, 0.25) is 10.0 Å². The first-order chi connectivity index (χ1) is 17.0. The van der Waals surface area contributed by atoms with Crippen LogP contribution in [0.4, 0.5) is 5.82 Å². The summed E-state index contributed by atoms with van der Waals surface area (Å²) in [5.74, 6) is 0.336. The number of aromatic nitrogens is 6. The number of nitrogens with one attached hydrogen (secondary N) is 1. The number of fused-ring (bicyclic) bond motifs is 1. The highest BCUT2D eigenvalue weighted by Crippen LogP contribution is 2.27. The van der Waals surface area contributed by atoms with Crippen LogP contribution in [0.25, 0.3) is 16.9 Å². The number of carbonyl (C=O) groups is 1. The summed E-state index contributed by atoms with van der Waals surface area (Å²) in [5, 5.41) is 17.8. The molecule has 0 unspecified atom stereocenters. The molecule has 0 bridgehead atoms. The van der Waals surface area contributed by atoms with Crippen molar-refractivity contribution < 1.29 is 19.4 Å². The third-order valence-corrected chi connectivity index (χ3v) is 5.87. The Balaban J connectivity index is 1.40. The average Bonchev–Trinajstić information content (AvgIpc) is 3.26. The van der Waals surface area contributed by atoms with Gasteiger partial charge in [0.1, 0.15) is 17.5 Å². The Morgan fingerprint density at radius 1 is 1.17 bits per heavy atom. The Morgan fingerprint density at radius 2 is 2.03 bits per heavy atom. The third-order valence-electron chi connectivity index (χ3n) is 5.35. The molecule has 5 rings (SSSR count). The summed E-state index contributed by atoms with van der Waals surface area (Å²) in [7, 11) is 0. The highest BCUT2D eigenvalue weighted by atomic mass is 35.5. The van der Waals surface area contributed by atoms with Crippen molar-refractivity contribution in [3.63, 3.8) is 0 Å². The molecule has 4 aromatic rings. The lowest BCUT2D eigenvalue weighted by atomic mass is 9.92. The fourth-order valence-electron chi connectivity index (χ4n) is 3.46. The number of ether oxygens (including phenoxy) is 2. The van der Waals surface area contributed by atoms with Gasteiger partial charge < -0.3 is 19.9 Å². The van der Waals surface area contributed by atoms with Gasteiger partial charge in [-0.05, 0) is 37.1 Å². The minimum Gasteiger partial charge on any atom is -0.461 e. The molecule has 0 aliphatic heterocycles. The highest BCUT2D eigenvalue weighted by molar-refractivity contribution is 6.32. The molecule has 1 fully saturated rings. The number of aliphatic hydroxyl groups excluding tert-OH is 1. The van der Waals surface area contributed by atoms with Gasteiger partial charge in [0.2, 0.25) is 12.0 Å². The number of pyridine rings is 2. The van der Waals surface area contributed by atoms with Crippen LogP contribution in [-0.2, 0) is 9.53 Å². The second kappa shape index (κ2) is 10.1. The zero-order chi connectivity index (χ0) is 24.4. The zero-order valence-corrected chi connectivity index (χ0v) is 19.6. The van der Waals surface area contributed by atoms with Gasteiger partial charge in [0.05, 0.1) is 35.1 Å². The van der Waals surface area contributed by atoms with E-state index in [-0.39, 0.29) is 18.6 Å². The normalized spacial score (nSPS) is 18.1. The number of anilines is 1. The fraction of sp³-hybridized carbons (Fsp3) is 0.273. The van der Waals surface area contributed by atoms with E-state index in [9.17, 15) is 9.90 Å². The van der Waals surface area contributed by atoms with Gasteiger partial charge in [-0.15, -0.1) is 0 Å². The van der Waals surface area contributed by atoms with Gasteiger partial charge in [-0.2, -0.15) is 9.78 Å². The van der Waals surface area contributed by atoms with E-state index in [0.29, 0.717) is 45.6 Å². The Bertz CT molecular complexity index is 1350. The Morgan fingerprint density at radius 3 is 2.77 bits per heavy atom. The van der Waals surface area contributed by atoms with Crippen molar-refractivity contribution in [3.8, 4) is 11.7 Å². The van der Waals surface area contributed by atoms with E-state index in [1.807, 2.05) is 0 Å². The molecule has 0 spiro atoms. The lowest BCUT2D eigenvalue weighted by molar-refractivity contribution is -0.131. The van der Waals surface area contributed by atoms with Crippen molar-refractivity contribution >= 4 is 46.0 Å². The molecule has 4 heterocycles. The van der Waals surface area contributed by atoms with Gasteiger partial charge in [0, 0.05) is 12.4 Å². The standard InChI is InChI=1S/C22H19Cl2N7O4/c23-12-3-4-18(26-8-12)30-21(33)17(10-34-14-6-13(32)7-14)35-22-15-9-29-31(19(15)27-11-28-22)20-16(24)2-1-5-25-20/h1-5,8-9,11,13-14,17,32H,6-7,10H2,(H,26,30,33)/t13?,14?,17-/m0/s1. The van der Waals surface area contributed by atoms with Crippen LogP contribution in [-0.4, -0.2) is 65.6 Å². The van der Waals surface area contributed by atoms with Gasteiger partial charge >= 0.3 is 0 Å². The monoisotopic (exact) mass is 515 g/mol. The molecule has 0 saturated heterocycles. The first-order valence-electron chi connectivity index (χ1n) is 10.7. The minimum absolute atomic E-state index is 0.0670. The number of nitrogens with zero attached hydrogens (tertiary/aromatic N) is 6. The van der Waals surface area contributed by atoms with Crippen molar-refractivity contribution in [1.29, 1.82) is 0 Å². The van der Waals surface area contributed by atoms with E-state index in [1.165, 1.54) is 23.4 Å². The minimum atomic E-state index is -1.08. The zero-order valence-electron chi connectivity index (χ0n) is 18.1. The maximum absolute atomic E-state index is 13.1. The Hall–Kier alpha value is -3.38. The van der Waals surface area contributed by atoms with Gasteiger partial charge in [-0.25, -0.2) is 19.9 Å². The summed E-state index contributed by atoms with van der Waals surface area (Å²) in [5.41, 5.74) is 0.400. The van der Waals surface area contributed by atoms with Crippen molar-refractivity contribution in [2.75, 3.05) is 11.9 Å². The molecule has 11 nitrogen and oxygen atoms in total. The number of hydrogen-bond acceptors (Lipinski definition) is 9. The summed E-state index contributed by atoms with van der Waals surface area (Å²) in [6, 6.07) is 6.58. The van der Waals surface area contributed by atoms with Crippen molar-refractivity contribution in [3.05, 3.63) is 59.2 Å². The number of halogens is 2. The smallest absolute Gasteiger partial charge is 0.269 e. The molecule has 2 N–H and O–H groups in total. The lowest BCUT2D eigenvalue weighted by Gasteiger charge is -2.32. The van der Waals surface area contributed by atoms with Gasteiger partial charge in [-0.1, -0.05) is 23.2 Å². The molecule has 13 heteroatoms. The van der Waals surface area contributed by atoms with E-state index in [0.717, 1.165) is 0 Å². The fourth-order valence-corrected chi connectivity index (χ4v) is 3.77. The summed E-state index contributed by atoms with van der Waals surface area (Å²) < 4.78 is 13.2. The van der Waals surface area contributed by atoms with E-state index >= 15 is 0 Å². The number of aliphatic hydroxyl groups is 1. The molecule has 1 saturated carbocycles. The second-order valence-electron chi connectivity index (χ2n) is 7.82. The first kappa shape index (κ1) is 23.4. The number of amides is 1. The largest absolute Gasteiger partial charge is 0.461 e. The van der Waals surface area contributed by atoms with Crippen LogP contribution < -0.4 is 10.1 Å².